The molecule has 0 heterocycles. The zero-order valence-electron chi connectivity index (χ0n) is 16.0. The van der Waals surface area contributed by atoms with Gasteiger partial charge in [0.2, 0.25) is 0 Å². The number of hydrogen-bond donors (Lipinski definition) is 2. The Hall–Kier alpha value is -1.59. The maximum absolute atomic E-state index is 4.28. The number of benzene rings is 1. The predicted octanol–water partition coefficient (Wildman–Crippen LogP) is 2.01. The summed E-state index contributed by atoms with van der Waals surface area (Å²) in [5.74, 6) is 0.895. The normalized spacial score (nSPS) is 13.4. The number of hydrogen-bond acceptors (Lipinski definition) is 3. The topological polar surface area (TPSA) is 42.9 Å². The minimum Gasteiger partial charge on any atom is -0.356 e. The lowest BCUT2D eigenvalue weighted by atomic mass is 10.1. The lowest BCUT2D eigenvalue weighted by molar-refractivity contribution is 0.238. The van der Waals surface area contributed by atoms with Gasteiger partial charge in [-0.3, -0.25) is 9.89 Å². The highest BCUT2D eigenvalue weighted by molar-refractivity contribution is 5.79. The Morgan fingerprint density at radius 3 is 2.38 bits per heavy atom. The highest BCUT2D eigenvalue weighted by atomic mass is 15.2. The summed E-state index contributed by atoms with van der Waals surface area (Å²) >= 11 is 0. The summed E-state index contributed by atoms with van der Waals surface area (Å²) in [5.41, 5.74) is 1.36. The monoisotopic (exact) mass is 333 g/mol. The Bertz CT molecular complexity index is 458. The molecule has 136 valence electrons. The maximum Gasteiger partial charge on any atom is 0.190 e. The first kappa shape index (κ1) is 20.5. The van der Waals surface area contributed by atoms with Crippen LogP contribution in [0.15, 0.2) is 35.3 Å². The van der Waals surface area contributed by atoms with Crippen LogP contribution in [0, 0.1) is 0 Å². The minimum absolute atomic E-state index is 0.518. The average molecular weight is 334 g/mol. The van der Waals surface area contributed by atoms with Crippen LogP contribution in [0.1, 0.15) is 25.3 Å². The van der Waals surface area contributed by atoms with E-state index in [4.69, 9.17) is 0 Å². The van der Waals surface area contributed by atoms with E-state index in [1.54, 1.807) is 0 Å². The van der Waals surface area contributed by atoms with Gasteiger partial charge in [0.05, 0.1) is 0 Å². The summed E-state index contributed by atoms with van der Waals surface area (Å²) in [5, 5.41) is 6.77. The summed E-state index contributed by atoms with van der Waals surface area (Å²) in [6.07, 6.45) is 2.20. The molecule has 0 aliphatic heterocycles. The van der Waals surface area contributed by atoms with Crippen LogP contribution in [0.3, 0.4) is 0 Å². The van der Waals surface area contributed by atoms with Gasteiger partial charge in [-0.25, -0.2) is 0 Å². The first-order valence-electron chi connectivity index (χ1n) is 8.86. The van der Waals surface area contributed by atoms with Gasteiger partial charge in [-0.2, -0.15) is 0 Å². The van der Waals surface area contributed by atoms with Gasteiger partial charge in [-0.15, -0.1) is 0 Å². The van der Waals surface area contributed by atoms with E-state index in [1.807, 2.05) is 7.05 Å². The fourth-order valence-corrected chi connectivity index (χ4v) is 2.47. The fraction of sp³-hybridized carbons (Fsp3) is 0.632. The molecule has 1 aromatic carbocycles. The number of nitrogens with one attached hydrogen (secondary N) is 2. The van der Waals surface area contributed by atoms with Gasteiger partial charge in [0.1, 0.15) is 0 Å². The molecule has 1 aromatic rings. The molecule has 5 heteroatoms. The van der Waals surface area contributed by atoms with Crippen molar-refractivity contribution in [1.82, 2.24) is 20.4 Å². The van der Waals surface area contributed by atoms with E-state index in [0.717, 1.165) is 45.0 Å². The third-order valence-electron chi connectivity index (χ3n) is 4.18. The zero-order chi connectivity index (χ0) is 17.8. The maximum atomic E-state index is 4.28. The van der Waals surface area contributed by atoms with E-state index in [0.29, 0.717) is 6.04 Å². The Balaban J connectivity index is 2.21. The van der Waals surface area contributed by atoms with Crippen molar-refractivity contribution >= 4 is 5.96 Å². The third-order valence-corrected chi connectivity index (χ3v) is 4.18. The van der Waals surface area contributed by atoms with Gasteiger partial charge in [0.15, 0.2) is 5.96 Å². The Labute approximate surface area is 148 Å². The molecule has 0 saturated carbocycles. The first-order valence-corrected chi connectivity index (χ1v) is 8.86. The molecule has 0 radical (unpaired) electrons. The molecule has 0 fully saturated rings. The van der Waals surface area contributed by atoms with Gasteiger partial charge in [0, 0.05) is 32.7 Å². The smallest absolute Gasteiger partial charge is 0.190 e. The number of aliphatic imine (C=N–C) groups is 1. The van der Waals surface area contributed by atoms with E-state index in [2.05, 4.69) is 83.8 Å². The minimum atomic E-state index is 0.518. The highest BCUT2D eigenvalue weighted by Crippen LogP contribution is 2.07. The summed E-state index contributed by atoms with van der Waals surface area (Å²) < 4.78 is 0. The van der Waals surface area contributed by atoms with E-state index in [-0.39, 0.29) is 0 Å². The van der Waals surface area contributed by atoms with Crippen molar-refractivity contribution in [3.63, 3.8) is 0 Å². The molecule has 1 rings (SSSR count). The van der Waals surface area contributed by atoms with Crippen molar-refractivity contribution in [3.05, 3.63) is 35.9 Å². The number of rotatable bonds is 10. The van der Waals surface area contributed by atoms with Crippen LogP contribution in [-0.2, 0) is 6.54 Å². The highest BCUT2D eigenvalue weighted by Gasteiger charge is 2.09. The van der Waals surface area contributed by atoms with Crippen molar-refractivity contribution in [3.8, 4) is 0 Å². The standard InChI is InChI=1S/C19H35N5/c1-17(24(5)16-18-10-7-6-8-11-18)12-14-22-19(20-2)21-13-9-15-23(3)4/h6-8,10-11,17H,9,12-16H2,1-5H3,(H2,20,21,22). The lowest BCUT2D eigenvalue weighted by Crippen LogP contribution is -2.40. The molecule has 1 atom stereocenters. The van der Waals surface area contributed by atoms with Crippen molar-refractivity contribution in [2.75, 3.05) is 47.8 Å². The van der Waals surface area contributed by atoms with E-state index in [9.17, 15) is 0 Å². The van der Waals surface area contributed by atoms with Crippen molar-refractivity contribution in [1.29, 1.82) is 0 Å². The molecule has 2 N–H and O–H groups in total. The molecule has 1 unspecified atom stereocenters. The van der Waals surface area contributed by atoms with Crippen LogP contribution in [-0.4, -0.2) is 69.6 Å². The van der Waals surface area contributed by atoms with E-state index in [1.165, 1.54) is 5.56 Å². The van der Waals surface area contributed by atoms with Crippen LogP contribution in [0.4, 0.5) is 0 Å². The molecule has 0 aromatic heterocycles. The zero-order valence-corrected chi connectivity index (χ0v) is 16.0. The van der Waals surface area contributed by atoms with Crippen LogP contribution in [0.25, 0.3) is 0 Å². The predicted molar refractivity (Wildman–Crippen MR) is 105 cm³/mol. The van der Waals surface area contributed by atoms with E-state index < -0.39 is 0 Å². The quantitative estimate of drug-likeness (QED) is 0.390. The summed E-state index contributed by atoms with van der Waals surface area (Å²) in [4.78, 5) is 8.87. The van der Waals surface area contributed by atoms with Gasteiger partial charge in [-0.05, 0) is 53.0 Å². The average Bonchev–Trinajstić information content (AvgIpc) is 2.57. The second-order valence-electron chi connectivity index (χ2n) is 6.62. The number of guanidine groups is 1. The first-order chi connectivity index (χ1) is 11.5. The van der Waals surface area contributed by atoms with Gasteiger partial charge >= 0.3 is 0 Å². The largest absolute Gasteiger partial charge is 0.356 e. The van der Waals surface area contributed by atoms with Crippen molar-refractivity contribution in [2.45, 2.75) is 32.4 Å². The van der Waals surface area contributed by atoms with Crippen molar-refractivity contribution in [2.24, 2.45) is 4.99 Å². The molecule has 0 amide bonds. The molecular formula is C19H35N5. The van der Waals surface area contributed by atoms with Crippen molar-refractivity contribution < 1.29 is 0 Å². The molecule has 0 bridgehead atoms. The Morgan fingerprint density at radius 2 is 1.75 bits per heavy atom. The number of nitrogens with zero attached hydrogens (tertiary/aromatic N) is 3. The van der Waals surface area contributed by atoms with Gasteiger partial charge in [0.25, 0.3) is 0 Å². The second-order valence-corrected chi connectivity index (χ2v) is 6.62. The Morgan fingerprint density at radius 1 is 1.08 bits per heavy atom. The van der Waals surface area contributed by atoms with Crippen LogP contribution < -0.4 is 10.6 Å². The third kappa shape index (κ3) is 8.89. The Kier molecular flexibility index (Phi) is 10.1. The second kappa shape index (κ2) is 11.9. The lowest BCUT2D eigenvalue weighted by Gasteiger charge is -2.25. The summed E-state index contributed by atoms with van der Waals surface area (Å²) in [6.45, 7) is 6.22. The summed E-state index contributed by atoms with van der Waals surface area (Å²) in [7, 11) is 8.21. The molecule has 24 heavy (non-hydrogen) atoms. The molecular weight excluding hydrogens is 298 g/mol. The van der Waals surface area contributed by atoms with Crippen LogP contribution in [0.2, 0.25) is 0 Å². The fourth-order valence-electron chi connectivity index (χ4n) is 2.47. The molecule has 0 saturated heterocycles. The van der Waals surface area contributed by atoms with E-state index >= 15 is 0 Å². The summed E-state index contributed by atoms with van der Waals surface area (Å²) in [6, 6.07) is 11.1. The molecule has 0 spiro atoms. The molecule has 0 aliphatic carbocycles. The molecule has 0 aliphatic rings. The van der Waals surface area contributed by atoms with Crippen LogP contribution >= 0.6 is 0 Å². The van der Waals surface area contributed by atoms with Crippen LogP contribution in [0.5, 0.6) is 0 Å². The SMILES string of the molecule is CN=C(NCCCN(C)C)NCCC(C)N(C)Cc1ccccc1. The molecule has 5 nitrogen and oxygen atoms in total. The van der Waals surface area contributed by atoms with Gasteiger partial charge < -0.3 is 15.5 Å². The van der Waals surface area contributed by atoms with Gasteiger partial charge in [-0.1, -0.05) is 30.3 Å².